The van der Waals surface area contributed by atoms with Gasteiger partial charge >= 0.3 is 0 Å². The van der Waals surface area contributed by atoms with Gasteiger partial charge in [-0.15, -0.1) is 0 Å². The Balaban J connectivity index is 2.88. The molecular weight excluding hydrogens is 271 g/mol. The lowest BCUT2D eigenvalue weighted by Gasteiger charge is -2.28. The Bertz CT molecular complexity index is 491. The van der Waals surface area contributed by atoms with Crippen LogP contribution in [0.25, 0.3) is 0 Å². The largest absolute Gasteiger partial charge is 0.354 e. The molecule has 0 radical (unpaired) electrons. The van der Waals surface area contributed by atoms with Gasteiger partial charge in [0.15, 0.2) is 0 Å². The first-order valence-corrected chi connectivity index (χ1v) is 7.31. The molecule has 116 valence electrons. The number of benzene rings is 1. The SMILES string of the molecule is CCCNC(=O)[C@H](C)N(Cc1ccccc1F)C(=O)CC. The Morgan fingerprint density at radius 3 is 2.52 bits per heavy atom. The van der Waals surface area contributed by atoms with E-state index in [9.17, 15) is 14.0 Å². The van der Waals surface area contributed by atoms with Gasteiger partial charge in [-0.3, -0.25) is 9.59 Å². The van der Waals surface area contributed by atoms with Gasteiger partial charge < -0.3 is 10.2 Å². The van der Waals surface area contributed by atoms with Crippen LogP contribution >= 0.6 is 0 Å². The molecule has 1 atom stereocenters. The van der Waals surface area contributed by atoms with E-state index < -0.39 is 6.04 Å². The molecule has 1 N–H and O–H groups in total. The van der Waals surface area contributed by atoms with Crippen molar-refractivity contribution in [3.05, 3.63) is 35.6 Å². The van der Waals surface area contributed by atoms with Gasteiger partial charge in [-0.1, -0.05) is 32.0 Å². The van der Waals surface area contributed by atoms with E-state index >= 15 is 0 Å². The number of halogens is 1. The molecule has 0 aliphatic carbocycles. The van der Waals surface area contributed by atoms with Crippen molar-refractivity contribution in [1.82, 2.24) is 10.2 Å². The van der Waals surface area contributed by atoms with Gasteiger partial charge in [0, 0.05) is 25.1 Å². The molecule has 5 heteroatoms. The summed E-state index contributed by atoms with van der Waals surface area (Å²) in [5.41, 5.74) is 0.412. The van der Waals surface area contributed by atoms with Crippen LogP contribution in [0.4, 0.5) is 4.39 Å². The summed E-state index contributed by atoms with van der Waals surface area (Å²) in [5.74, 6) is -0.750. The predicted octanol–water partition coefficient (Wildman–Crippen LogP) is 2.48. The van der Waals surface area contributed by atoms with Crippen molar-refractivity contribution >= 4 is 11.8 Å². The Kier molecular flexibility index (Phi) is 6.85. The highest BCUT2D eigenvalue weighted by Gasteiger charge is 2.25. The third-order valence-corrected chi connectivity index (χ3v) is 3.32. The second-order valence-electron chi connectivity index (χ2n) is 4.93. The summed E-state index contributed by atoms with van der Waals surface area (Å²) >= 11 is 0. The monoisotopic (exact) mass is 294 g/mol. The molecule has 0 saturated carbocycles. The first-order chi connectivity index (χ1) is 10.0. The number of nitrogens with one attached hydrogen (secondary N) is 1. The first kappa shape index (κ1) is 17.1. The highest BCUT2D eigenvalue weighted by molar-refractivity contribution is 5.87. The fourth-order valence-electron chi connectivity index (χ4n) is 1.99. The standard InChI is InChI=1S/C16H23FN2O2/c1-4-10-18-16(21)12(3)19(15(20)5-2)11-13-8-6-7-9-14(13)17/h6-9,12H,4-5,10-11H2,1-3H3,(H,18,21)/t12-/m0/s1. The summed E-state index contributed by atoms with van der Waals surface area (Å²) in [6.45, 7) is 6.02. The van der Waals surface area contributed by atoms with Crippen molar-refractivity contribution in [3.8, 4) is 0 Å². The molecule has 0 saturated heterocycles. The molecule has 0 heterocycles. The van der Waals surface area contributed by atoms with Gasteiger partial charge in [0.1, 0.15) is 11.9 Å². The first-order valence-electron chi connectivity index (χ1n) is 7.31. The molecule has 21 heavy (non-hydrogen) atoms. The normalized spacial score (nSPS) is 11.8. The van der Waals surface area contributed by atoms with Crippen LogP contribution in [0.5, 0.6) is 0 Å². The van der Waals surface area contributed by atoms with E-state index in [1.165, 1.54) is 11.0 Å². The molecule has 0 aromatic heterocycles. The smallest absolute Gasteiger partial charge is 0.242 e. The van der Waals surface area contributed by atoms with E-state index in [-0.39, 0.29) is 30.6 Å². The summed E-state index contributed by atoms with van der Waals surface area (Å²) in [6, 6.07) is 5.67. The number of nitrogens with zero attached hydrogens (tertiary/aromatic N) is 1. The van der Waals surface area contributed by atoms with E-state index in [0.29, 0.717) is 12.1 Å². The van der Waals surface area contributed by atoms with Crippen molar-refractivity contribution in [2.24, 2.45) is 0 Å². The minimum Gasteiger partial charge on any atom is -0.354 e. The fourth-order valence-corrected chi connectivity index (χ4v) is 1.99. The van der Waals surface area contributed by atoms with E-state index in [4.69, 9.17) is 0 Å². The molecule has 1 aromatic rings. The van der Waals surface area contributed by atoms with E-state index in [1.807, 2.05) is 6.92 Å². The maximum atomic E-state index is 13.7. The Morgan fingerprint density at radius 2 is 1.95 bits per heavy atom. The van der Waals surface area contributed by atoms with Crippen LogP contribution in [0.15, 0.2) is 24.3 Å². The van der Waals surface area contributed by atoms with Crippen LogP contribution in [0, 0.1) is 5.82 Å². The molecule has 0 spiro atoms. The van der Waals surface area contributed by atoms with Gasteiger partial charge in [-0.25, -0.2) is 4.39 Å². The lowest BCUT2D eigenvalue weighted by Crippen LogP contribution is -2.47. The molecule has 0 fully saturated rings. The van der Waals surface area contributed by atoms with Gasteiger partial charge in [-0.05, 0) is 19.4 Å². The zero-order valence-electron chi connectivity index (χ0n) is 12.9. The molecule has 2 amide bonds. The third kappa shape index (κ3) is 4.85. The van der Waals surface area contributed by atoms with Crippen LogP contribution in [0.2, 0.25) is 0 Å². The van der Waals surface area contributed by atoms with Crippen molar-refractivity contribution < 1.29 is 14.0 Å². The number of carbonyl (C=O) groups excluding carboxylic acids is 2. The zero-order valence-corrected chi connectivity index (χ0v) is 12.9. The topological polar surface area (TPSA) is 49.4 Å². The van der Waals surface area contributed by atoms with Gasteiger partial charge in [0.05, 0.1) is 0 Å². The number of hydrogen-bond acceptors (Lipinski definition) is 2. The van der Waals surface area contributed by atoms with Gasteiger partial charge in [0.25, 0.3) is 0 Å². The molecule has 4 nitrogen and oxygen atoms in total. The highest BCUT2D eigenvalue weighted by atomic mass is 19.1. The lowest BCUT2D eigenvalue weighted by atomic mass is 10.1. The minimum absolute atomic E-state index is 0.0973. The average molecular weight is 294 g/mol. The Labute approximate surface area is 125 Å². The maximum Gasteiger partial charge on any atom is 0.242 e. The lowest BCUT2D eigenvalue weighted by molar-refractivity contribution is -0.140. The minimum atomic E-state index is -0.622. The second kappa shape index (κ2) is 8.39. The van der Waals surface area contributed by atoms with E-state index in [2.05, 4.69) is 5.32 Å². The zero-order chi connectivity index (χ0) is 15.8. The number of hydrogen-bond donors (Lipinski definition) is 1. The number of amides is 2. The third-order valence-electron chi connectivity index (χ3n) is 3.32. The molecule has 0 aliphatic heterocycles. The summed E-state index contributed by atoms with van der Waals surface area (Å²) < 4.78 is 13.7. The molecule has 0 aliphatic rings. The Hall–Kier alpha value is -1.91. The number of carbonyl (C=O) groups is 2. The quantitative estimate of drug-likeness (QED) is 0.840. The highest BCUT2D eigenvalue weighted by Crippen LogP contribution is 2.13. The van der Waals surface area contributed by atoms with Crippen LogP contribution < -0.4 is 5.32 Å². The van der Waals surface area contributed by atoms with Crippen molar-refractivity contribution in [3.63, 3.8) is 0 Å². The van der Waals surface area contributed by atoms with E-state index in [0.717, 1.165) is 6.42 Å². The van der Waals surface area contributed by atoms with Crippen LogP contribution in [-0.2, 0) is 16.1 Å². The average Bonchev–Trinajstić information content (AvgIpc) is 2.50. The summed E-state index contributed by atoms with van der Waals surface area (Å²) in [5, 5.41) is 2.77. The second-order valence-corrected chi connectivity index (χ2v) is 4.93. The van der Waals surface area contributed by atoms with Gasteiger partial charge in [0.2, 0.25) is 11.8 Å². The van der Waals surface area contributed by atoms with Crippen molar-refractivity contribution in [1.29, 1.82) is 0 Å². The molecule has 0 bridgehead atoms. The van der Waals surface area contributed by atoms with Crippen LogP contribution in [0.1, 0.15) is 39.2 Å². The fraction of sp³-hybridized carbons (Fsp3) is 0.500. The number of rotatable bonds is 7. The van der Waals surface area contributed by atoms with Gasteiger partial charge in [-0.2, -0.15) is 0 Å². The van der Waals surface area contributed by atoms with E-state index in [1.54, 1.807) is 32.0 Å². The van der Waals surface area contributed by atoms with Crippen LogP contribution in [-0.4, -0.2) is 29.3 Å². The maximum absolute atomic E-state index is 13.7. The predicted molar refractivity (Wildman–Crippen MR) is 80.0 cm³/mol. The Morgan fingerprint density at radius 1 is 1.29 bits per heavy atom. The summed E-state index contributed by atoms with van der Waals surface area (Å²) in [4.78, 5) is 25.5. The molecule has 0 unspecified atom stereocenters. The molecule has 1 aromatic carbocycles. The van der Waals surface area contributed by atoms with Crippen molar-refractivity contribution in [2.75, 3.05) is 6.54 Å². The summed E-state index contributed by atoms with van der Waals surface area (Å²) in [6.07, 6.45) is 1.10. The molecular formula is C16H23FN2O2. The van der Waals surface area contributed by atoms with Crippen molar-refractivity contribution in [2.45, 2.75) is 46.2 Å². The van der Waals surface area contributed by atoms with Crippen LogP contribution in [0.3, 0.4) is 0 Å². The molecule has 1 rings (SSSR count). The summed E-state index contributed by atoms with van der Waals surface area (Å²) in [7, 11) is 0.